The lowest BCUT2D eigenvalue weighted by molar-refractivity contribution is 0.114. The Morgan fingerprint density at radius 3 is 3.19 bits per heavy atom. The Labute approximate surface area is 129 Å². The molecular weight excluding hydrogens is 290 g/mol. The zero-order valence-electron chi connectivity index (χ0n) is 11.8. The lowest BCUT2D eigenvalue weighted by atomic mass is 10.2. The van der Waals surface area contributed by atoms with E-state index in [-0.39, 0.29) is 11.9 Å². The molecule has 1 atom stereocenters. The molecule has 3 N–H and O–H groups in total. The second-order valence-corrected chi connectivity index (χ2v) is 5.05. The monoisotopic (exact) mass is 309 g/mol. The molecule has 0 saturated carbocycles. The Kier molecular flexibility index (Phi) is 5.77. The van der Waals surface area contributed by atoms with E-state index < -0.39 is 0 Å². The third-order valence-corrected chi connectivity index (χ3v) is 3.33. The van der Waals surface area contributed by atoms with Crippen LogP contribution in [0.5, 0.6) is 11.5 Å². The highest BCUT2D eigenvalue weighted by atomic mass is 32.1. The fourth-order valence-corrected chi connectivity index (χ4v) is 2.13. The van der Waals surface area contributed by atoms with E-state index in [1.54, 1.807) is 24.4 Å². The summed E-state index contributed by atoms with van der Waals surface area (Å²) < 4.78 is 10.5. The second kappa shape index (κ2) is 7.80. The predicted octanol–water partition coefficient (Wildman–Crippen LogP) is 1.38. The number of benzene rings is 1. The number of phenolic OH excluding ortho intramolecular Hbond substituents is 1. The molecule has 0 aromatic heterocycles. The Hall–Kier alpha value is -1.86. The summed E-state index contributed by atoms with van der Waals surface area (Å²) in [5.74, 6) is 0.495. The van der Waals surface area contributed by atoms with Crippen molar-refractivity contribution in [2.45, 2.75) is 18.9 Å². The van der Waals surface area contributed by atoms with Crippen molar-refractivity contribution in [3.8, 4) is 11.5 Å². The molecule has 1 aliphatic heterocycles. The van der Waals surface area contributed by atoms with Crippen molar-refractivity contribution in [3.63, 3.8) is 0 Å². The molecule has 0 amide bonds. The molecule has 0 aliphatic carbocycles. The van der Waals surface area contributed by atoms with E-state index in [0.29, 0.717) is 17.4 Å². The van der Waals surface area contributed by atoms with Gasteiger partial charge >= 0.3 is 0 Å². The van der Waals surface area contributed by atoms with Gasteiger partial charge in [0, 0.05) is 13.2 Å². The van der Waals surface area contributed by atoms with Crippen LogP contribution in [0.4, 0.5) is 0 Å². The molecule has 114 valence electrons. The molecule has 1 aromatic carbocycles. The summed E-state index contributed by atoms with van der Waals surface area (Å²) in [6.07, 6.45) is 4.00. The zero-order chi connectivity index (χ0) is 15.1. The molecule has 1 aromatic rings. The fraction of sp³-hybridized carbons (Fsp3) is 0.429. The molecule has 0 radical (unpaired) electrons. The SMILES string of the molecule is COc1cc(/C=N/NC(=S)NC[C@@H]2CCCO2)ccc1O. The van der Waals surface area contributed by atoms with Gasteiger partial charge in [0.25, 0.3) is 0 Å². The van der Waals surface area contributed by atoms with Gasteiger partial charge in [-0.05, 0) is 48.8 Å². The average molecular weight is 309 g/mol. The van der Waals surface area contributed by atoms with Crippen molar-refractivity contribution in [1.82, 2.24) is 10.7 Å². The summed E-state index contributed by atoms with van der Waals surface area (Å²) >= 11 is 5.12. The molecule has 6 nitrogen and oxygen atoms in total. The molecular formula is C14H19N3O3S. The number of hydrogen-bond donors (Lipinski definition) is 3. The number of aromatic hydroxyl groups is 1. The van der Waals surface area contributed by atoms with Crippen molar-refractivity contribution in [2.75, 3.05) is 20.3 Å². The molecule has 1 fully saturated rings. The van der Waals surface area contributed by atoms with E-state index in [2.05, 4.69) is 15.8 Å². The maximum Gasteiger partial charge on any atom is 0.187 e. The van der Waals surface area contributed by atoms with E-state index >= 15 is 0 Å². The largest absolute Gasteiger partial charge is 0.504 e. The minimum atomic E-state index is 0.0939. The fourth-order valence-electron chi connectivity index (χ4n) is 1.99. The van der Waals surface area contributed by atoms with Crippen LogP contribution in [0.1, 0.15) is 18.4 Å². The number of methoxy groups -OCH3 is 1. The lowest BCUT2D eigenvalue weighted by Gasteiger charge is -2.11. The number of thiocarbonyl (C=S) groups is 1. The van der Waals surface area contributed by atoms with Gasteiger partial charge in [0.15, 0.2) is 16.6 Å². The van der Waals surface area contributed by atoms with Crippen LogP contribution in [0.25, 0.3) is 0 Å². The number of rotatable bonds is 5. The Bertz CT molecular complexity index is 516. The number of hydrogen-bond acceptors (Lipinski definition) is 5. The van der Waals surface area contributed by atoms with E-state index in [0.717, 1.165) is 25.0 Å². The molecule has 2 rings (SSSR count). The number of hydrazone groups is 1. The van der Waals surface area contributed by atoms with Crippen LogP contribution >= 0.6 is 12.2 Å². The van der Waals surface area contributed by atoms with Crippen LogP contribution in [0.2, 0.25) is 0 Å². The molecule has 0 bridgehead atoms. The van der Waals surface area contributed by atoms with E-state index in [4.69, 9.17) is 21.7 Å². The summed E-state index contributed by atoms with van der Waals surface area (Å²) in [4.78, 5) is 0. The van der Waals surface area contributed by atoms with Gasteiger partial charge in [-0.3, -0.25) is 5.43 Å². The first kappa shape index (κ1) is 15.5. The normalized spacial score (nSPS) is 17.9. The van der Waals surface area contributed by atoms with Crippen molar-refractivity contribution >= 4 is 23.5 Å². The summed E-state index contributed by atoms with van der Waals surface area (Å²) in [5, 5.41) is 17.0. The number of nitrogens with zero attached hydrogens (tertiary/aromatic N) is 1. The highest BCUT2D eigenvalue weighted by Crippen LogP contribution is 2.25. The molecule has 1 saturated heterocycles. The lowest BCUT2D eigenvalue weighted by Crippen LogP contribution is -2.37. The van der Waals surface area contributed by atoms with Gasteiger partial charge in [-0.1, -0.05) is 0 Å². The van der Waals surface area contributed by atoms with Crippen LogP contribution < -0.4 is 15.5 Å². The molecule has 1 aliphatic rings. The van der Waals surface area contributed by atoms with Gasteiger partial charge in [0.2, 0.25) is 0 Å². The van der Waals surface area contributed by atoms with Gasteiger partial charge in [-0.15, -0.1) is 0 Å². The summed E-state index contributed by atoms with van der Waals surface area (Å²) in [6.45, 7) is 1.52. The first-order chi connectivity index (χ1) is 10.2. The Morgan fingerprint density at radius 1 is 1.62 bits per heavy atom. The van der Waals surface area contributed by atoms with E-state index in [1.807, 2.05) is 0 Å². The molecule has 7 heteroatoms. The zero-order valence-corrected chi connectivity index (χ0v) is 12.7. The summed E-state index contributed by atoms with van der Waals surface area (Å²) in [6, 6.07) is 4.96. The average Bonchev–Trinajstić information content (AvgIpc) is 3.00. The maximum atomic E-state index is 9.49. The van der Waals surface area contributed by atoms with Gasteiger partial charge in [-0.2, -0.15) is 5.10 Å². The van der Waals surface area contributed by atoms with Gasteiger partial charge in [0.1, 0.15) is 0 Å². The van der Waals surface area contributed by atoms with Gasteiger partial charge in [0.05, 0.1) is 19.4 Å². The second-order valence-electron chi connectivity index (χ2n) is 4.65. The third-order valence-electron chi connectivity index (χ3n) is 3.10. The summed E-state index contributed by atoms with van der Waals surface area (Å²) in [5.41, 5.74) is 3.53. The van der Waals surface area contributed by atoms with Crippen molar-refractivity contribution in [1.29, 1.82) is 0 Å². The molecule has 1 heterocycles. The van der Waals surface area contributed by atoms with Gasteiger partial charge < -0.3 is 19.9 Å². The first-order valence-electron chi connectivity index (χ1n) is 6.74. The maximum absolute atomic E-state index is 9.49. The van der Waals surface area contributed by atoms with E-state index in [1.165, 1.54) is 7.11 Å². The molecule has 0 unspecified atom stereocenters. The smallest absolute Gasteiger partial charge is 0.187 e. The van der Waals surface area contributed by atoms with Crippen LogP contribution in [0, 0.1) is 0 Å². The van der Waals surface area contributed by atoms with Crippen LogP contribution in [-0.4, -0.2) is 42.8 Å². The van der Waals surface area contributed by atoms with Crippen molar-refractivity contribution in [3.05, 3.63) is 23.8 Å². The highest BCUT2D eigenvalue weighted by Gasteiger charge is 2.14. The topological polar surface area (TPSA) is 75.1 Å². The standard InChI is InChI=1S/C14H19N3O3S/c1-19-13-7-10(4-5-12(13)18)8-16-17-14(21)15-9-11-3-2-6-20-11/h4-5,7-8,11,18H,2-3,6,9H2,1H3,(H2,15,17,21)/b16-8+/t11-/m0/s1. The van der Waals surface area contributed by atoms with Crippen molar-refractivity contribution in [2.24, 2.45) is 5.10 Å². The van der Waals surface area contributed by atoms with Crippen LogP contribution in [0.15, 0.2) is 23.3 Å². The number of phenols is 1. The van der Waals surface area contributed by atoms with Crippen LogP contribution in [0.3, 0.4) is 0 Å². The van der Waals surface area contributed by atoms with E-state index in [9.17, 15) is 5.11 Å². The number of ether oxygens (including phenoxy) is 2. The summed E-state index contributed by atoms with van der Waals surface area (Å²) in [7, 11) is 1.50. The Balaban J connectivity index is 1.77. The quantitative estimate of drug-likeness (QED) is 0.433. The Morgan fingerprint density at radius 2 is 2.48 bits per heavy atom. The molecule has 0 spiro atoms. The minimum absolute atomic E-state index is 0.0939. The number of nitrogens with one attached hydrogen (secondary N) is 2. The minimum Gasteiger partial charge on any atom is -0.504 e. The highest BCUT2D eigenvalue weighted by molar-refractivity contribution is 7.80. The predicted molar refractivity (Wildman–Crippen MR) is 85.0 cm³/mol. The molecule has 21 heavy (non-hydrogen) atoms. The first-order valence-corrected chi connectivity index (χ1v) is 7.15. The van der Waals surface area contributed by atoms with Crippen LogP contribution in [-0.2, 0) is 4.74 Å². The third kappa shape index (κ3) is 4.87. The van der Waals surface area contributed by atoms with Crippen molar-refractivity contribution < 1.29 is 14.6 Å². The van der Waals surface area contributed by atoms with Gasteiger partial charge in [-0.25, -0.2) is 0 Å².